The SMILES string of the molecule is O=C1CSCc2nc3ccccc3c(=O)n21. The van der Waals surface area contributed by atoms with Gasteiger partial charge in [-0.05, 0) is 12.1 Å². The highest BCUT2D eigenvalue weighted by Crippen LogP contribution is 2.17. The van der Waals surface area contributed by atoms with Crippen LogP contribution in [0.5, 0.6) is 0 Å². The summed E-state index contributed by atoms with van der Waals surface area (Å²) in [5, 5.41) is 0.506. The van der Waals surface area contributed by atoms with Crippen molar-refractivity contribution < 1.29 is 4.79 Å². The van der Waals surface area contributed by atoms with Gasteiger partial charge >= 0.3 is 0 Å². The van der Waals surface area contributed by atoms with Gasteiger partial charge in [0.05, 0.1) is 22.4 Å². The second-order valence-corrected chi connectivity index (χ2v) is 4.56. The number of fused-ring (bicyclic) bond motifs is 2. The Morgan fingerprint density at radius 3 is 2.88 bits per heavy atom. The average molecular weight is 232 g/mol. The zero-order valence-electron chi connectivity index (χ0n) is 8.34. The maximum atomic E-state index is 12.1. The molecule has 2 aromatic rings. The van der Waals surface area contributed by atoms with Crippen molar-refractivity contribution in [3.63, 3.8) is 0 Å². The second-order valence-electron chi connectivity index (χ2n) is 3.57. The van der Waals surface area contributed by atoms with E-state index in [9.17, 15) is 9.59 Å². The molecule has 0 bridgehead atoms. The van der Waals surface area contributed by atoms with E-state index in [1.54, 1.807) is 18.2 Å². The van der Waals surface area contributed by atoms with Crippen LogP contribution in [-0.4, -0.2) is 21.2 Å². The first-order chi connectivity index (χ1) is 7.77. The number of aromatic nitrogens is 2. The third kappa shape index (κ3) is 1.28. The van der Waals surface area contributed by atoms with Crippen LogP contribution < -0.4 is 5.56 Å². The van der Waals surface area contributed by atoms with E-state index in [1.807, 2.05) is 6.07 Å². The molecule has 0 saturated heterocycles. The number of hydrogen-bond donors (Lipinski definition) is 0. The third-order valence-corrected chi connectivity index (χ3v) is 3.46. The van der Waals surface area contributed by atoms with Crippen LogP contribution >= 0.6 is 11.8 Å². The minimum atomic E-state index is -0.245. The molecule has 1 aliphatic rings. The maximum absolute atomic E-state index is 12.1. The number of hydrogen-bond acceptors (Lipinski definition) is 4. The summed E-state index contributed by atoms with van der Waals surface area (Å²) in [6.07, 6.45) is 0. The Morgan fingerprint density at radius 2 is 2.00 bits per heavy atom. The molecule has 4 nitrogen and oxygen atoms in total. The van der Waals surface area contributed by atoms with Crippen molar-refractivity contribution in [2.24, 2.45) is 0 Å². The normalized spacial score (nSPS) is 15.1. The van der Waals surface area contributed by atoms with Gasteiger partial charge in [0.25, 0.3) is 5.56 Å². The number of para-hydroxylation sites is 1. The largest absolute Gasteiger partial charge is 0.273 e. The predicted molar refractivity (Wildman–Crippen MR) is 62.8 cm³/mol. The van der Waals surface area contributed by atoms with Crippen LogP contribution in [0.25, 0.3) is 10.9 Å². The summed E-state index contributed by atoms with van der Waals surface area (Å²) in [5.41, 5.74) is 0.417. The topological polar surface area (TPSA) is 52.0 Å². The Kier molecular flexibility index (Phi) is 2.07. The number of benzene rings is 1. The van der Waals surface area contributed by atoms with Gasteiger partial charge < -0.3 is 0 Å². The molecule has 0 amide bonds. The quantitative estimate of drug-likeness (QED) is 0.686. The highest BCUT2D eigenvalue weighted by Gasteiger charge is 2.20. The van der Waals surface area contributed by atoms with Crippen molar-refractivity contribution in [2.45, 2.75) is 5.75 Å². The fraction of sp³-hybridized carbons (Fsp3) is 0.182. The van der Waals surface area contributed by atoms with Crippen LogP contribution in [0.4, 0.5) is 0 Å². The molecule has 0 saturated carbocycles. The van der Waals surface area contributed by atoms with Crippen molar-refractivity contribution in [2.75, 3.05) is 5.75 Å². The molecule has 1 aliphatic heterocycles. The van der Waals surface area contributed by atoms with E-state index in [4.69, 9.17) is 0 Å². The number of rotatable bonds is 0. The van der Waals surface area contributed by atoms with E-state index in [0.717, 1.165) is 0 Å². The van der Waals surface area contributed by atoms with Crippen LogP contribution in [0.15, 0.2) is 29.1 Å². The van der Waals surface area contributed by atoms with Gasteiger partial charge in [-0.15, -0.1) is 11.8 Å². The Hall–Kier alpha value is -1.62. The van der Waals surface area contributed by atoms with Crippen LogP contribution in [0.3, 0.4) is 0 Å². The molecular formula is C11H8N2O2S. The van der Waals surface area contributed by atoms with Gasteiger partial charge in [-0.2, -0.15) is 0 Å². The fourth-order valence-corrected chi connectivity index (χ4v) is 2.61. The van der Waals surface area contributed by atoms with Gasteiger partial charge in [0.1, 0.15) is 5.82 Å². The van der Waals surface area contributed by atoms with Gasteiger partial charge in [-0.25, -0.2) is 9.55 Å². The molecule has 0 fully saturated rings. The van der Waals surface area contributed by atoms with E-state index in [-0.39, 0.29) is 11.5 Å². The summed E-state index contributed by atoms with van der Waals surface area (Å²) in [6.45, 7) is 0. The number of carbonyl (C=O) groups excluding carboxylic acids is 1. The van der Waals surface area contributed by atoms with Gasteiger partial charge in [0.2, 0.25) is 5.91 Å². The lowest BCUT2D eigenvalue weighted by Gasteiger charge is -2.15. The standard InChI is InChI=1S/C11H8N2O2S/c14-10-6-16-5-9-12-8-4-2-1-3-7(8)11(15)13(9)10/h1-4H,5-6H2. The second kappa shape index (κ2) is 3.45. The molecule has 0 spiro atoms. The molecule has 0 N–H and O–H groups in total. The molecule has 80 valence electrons. The molecule has 0 aliphatic carbocycles. The molecule has 0 unspecified atom stereocenters. The molecule has 2 heterocycles. The molecular weight excluding hydrogens is 224 g/mol. The molecule has 1 aromatic heterocycles. The highest BCUT2D eigenvalue weighted by molar-refractivity contribution is 7.99. The zero-order chi connectivity index (χ0) is 11.1. The average Bonchev–Trinajstić information content (AvgIpc) is 2.29. The first kappa shape index (κ1) is 9.59. The first-order valence-electron chi connectivity index (χ1n) is 4.89. The third-order valence-electron chi connectivity index (χ3n) is 2.55. The molecule has 16 heavy (non-hydrogen) atoms. The van der Waals surface area contributed by atoms with Gasteiger partial charge in [-0.3, -0.25) is 9.59 Å². The van der Waals surface area contributed by atoms with Crippen molar-refractivity contribution in [3.05, 3.63) is 40.4 Å². The Morgan fingerprint density at radius 1 is 1.19 bits per heavy atom. The van der Waals surface area contributed by atoms with E-state index in [2.05, 4.69) is 4.98 Å². The van der Waals surface area contributed by atoms with Crippen molar-refractivity contribution in [1.82, 2.24) is 9.55 Å². The minimum absolute atomic E-state index is 0.172. The van der Waals surface area contributed by atoms with Gasteiger partial charge in [0, 0.05) is 0 Å². The van der Waals surface area contributed by atoms with E-state index >= 15 is 0 Å². The minimum Gasteiger partial charge on any atom is -0.273 e. The Bertz CT molecular complexity index is 648. The van der Waals surface area contributed by atoms with E-state index in [0.29, 0.717) is 28.2 Å². The van der Waals surface area contributed by atoms with Crippen LogP contribution in [0, 0.1) is 0 Å². The smallest absolute Gasteiger partial charge is 0.268 e. The van der Waals surface area contributed by atoms with Crippen molar-refractivity contribution in [1.29, 1.82) is 0 Å². The maximum Gasteiger partial charge on any atom is 0.268 e. The number of nitrogens with zero attached hydrogens (tertiary/aromatic N) is 2. The van der Waals surface area contributed by atoms with Gasteiger partial charge in [-0.1, -0.05) is 12.1 Å². The molecule has 0 radical (unpaired) electrons. The summed E-state index contributed by atoms with van der Waals surface area (Å²) in [4.78, 5) is 28.1. The predicted octanol–water partition coefficient (Wildman–Crippen LogP) is 1.28. The molecule has 3 rings (SSSR count). The number of thioether (sulfide) groups is 1. The summed E-state index contributed by atoms with van der Waals surface area (Å²) < 4.78 is 1.21. The van der Waals surface area contributed by atoms with Crippen LogP contribution in [0.2, 0.25) is 0 Å². The first-order valence-corrected chi connectivity index (χ1v) is 6.04. The number of carbonyl (C=O) groups is 1. The highest BCUT2D eigenvalue weighted by atomic mass is 32.2. The molecule has 1 aromatic carbocycles. The van der Waals surface area contributed by atoms with E-state index < -0.39 is 0 Å². The summed E-state index contributed by atoms with van der Waals surface area (Å²) >= 11 is 1.49. The lowest BCUT2D eigenvalue weighted by molar-refractivity contribution is 0.0931. The van der Waals surface area contributed by atoms with Gasteiger partial charge in [0.15, 0.2) is 0 Å². The molecule has 0 atom stereocenters. The fourth-order valence-electron chi connectivity index (χ4n) is 1.83. The summed E-state index contributed by atoms with van der Waals surface area (Å²) in [5.74, 6) is 1.36. The van der Waals surface area contributed by atoms with Crippen molar-refractivity contribution >= 4 is 28.6 Å². The molecule has 5 heteroatoms. The van der Waals surface area contributed by atoms with Crippen LogP contribution in [-0.2, 0) is 5.75 Å². The van der Waals surface area contributed by atoms with Crippen LogP contribution in [0.1, 0.15) is 10.6 Å². The zero-order valence-corrected chi connectivity index (χ0v) is 9.16. The van der Waals surface area contributed by atoms with E-state index in [1.165, 1.54) is 16.3 Å². The van der Waals surface area contributed by atoms with Crippen molar-refractivity contribution in [3.8, 4) is 0 Å². The Labute approximate surface area is 95.3 Å². The summed E-state index contributed by atoms with van der Waals surface area (Å²) in [6, 6.07) is 7.11. The lowest BCUT2D eigenvalue weighted by Crippen LogP contribution is -2.34. The summed E-state index contributed by atoms with van der Waals surface area (Å²) in [7, 11) is 0. The monoisotopic (exact) mass is 232 g/mol. The Balaban J connectivity index is 2.46. The lowest BCUT2D eigenvalue weighted by atomic mass is 10.2.